The van der Waals surface area contributed by atoms with Gasteiger partial charge in [-0.25, -0.2) is 0 Å². The Labute approximate surface area is 187 Å². The van der Waals surface area contributed by atoms with Crippen molar-refractivity contribution in [1.82, 2.24) is 4.90 Å². The molecule has 1 aliphatic rings. The molecule has 1 heterocycles. The van der Waals surface area contributed by atoms with Crippen molar-refractivity contribution in [2.24, 2.45) is 5.16 Å². The summed E-state index contributed by atoms with van der Waals surface area (Å²) in [4.78, 5) is 7.82. The van der Waals surface area contributed by atoms with Gasteiger partial charge in [-0.2, -0.15) is 0 Å². The molecule has 0 amide bonds. The minimum absolute atomic E-state index is 0.101. The quantitative estimate of drug-likeness (QED) is 0.404. The van der Waals surface area contributed by atoms with Gasteiger partial charge in [-0.15, -0.1) is 6.58 Å². The van der Waals surface area contributed by atoms with Crippen LogP contribution in [-0.4, -0.2) is 54.2 Å². The number of aliphatic hydroxyl groups excluding tert-OH is 1. The molecule has 0 spiro atoms. The maximum Gasteiger partial charge on any atom is 0.145 e. The van der Waals surface area contributed by atoms with Gasteiger partial charge in [0.1, 0.15) is 6.10 Å². The predicted molar refractivity (Wildman–Crippen MR) is 121 cm³/mol. The van der Waals surface area contributed by atoms with Crippen LogP contribution in [0.4, 0.5) is 0 Å². The highest BCUT2D eigenvalue weighted by atomic mass is 35.5. The zero-order chi connectivity index (χ0) is 21.3. The monoisotopic (exact) mass is 448 g/mol. The number of oxime groups is 1. The van der Waals surface area contributed by atoms with Gasteiger partial charge >= 0.3 is 0 Å². The molecule has 2 aromatic carbocycles. The van der Waals surface area contributed by atoms with Gasteiger partial charge in [0.25, 0.3) is 0 Å². The van der Waals surface area contributed by atoms with E-state index in [2.05, 4.69) is 16.6 Å². The molecule has 0 bridgehead atoms. The Balaban J connectivity index is 1.61. The molecule has 0 unspecified atom stereocenters. The summed E-state index contributed by atoms with van der Waals surface area (Å²) in [7, 11) is 0. The summed E-state index contributed by atoms with van der Waals surface area (Å²) in [6.45, 7) is 5.98. The lowest BCUT2D eigenvalue weighted by molar-refractivity contribution is 0.00336. The normalized spacial score (nSPS) is 16.9. The van der Waals surface area contributed by atoms with E-state index in [1.807, 2.05) is 48.5 Å². The van der Waals surface area contributed by atoms with Crippen molar-refractivity contribution in [3.63, 3.8) is 0 Å². The van der Waals surface area contributed by atoms with Crippen molar-refractivity contribution in [2.45, 2.75) is 25.2 Å². The zero-order valence-corrected chi connectivity index (χ0v) is 18.2. The smallest absolute Gasteiger partial charge is 0.145 e. The second kappa shape index (κ2) is 11.5. The second-order valence-electron chi connectivity index (χ2n) is 7.28. The van der Waals surface area contributed by atoms with Crippen LogP contribution >= 0.6 is 23.2 Å². The highest BCUT2D eigenvalue weighted by Gasteiger charge is 2.26. The van der Waals surface area contributed by atoms with E-state index in [0.717, 1.165) is 16.8 Å². The molecular weight excluding hydrogens is 423 g/mol. The molecule has 0 saturated heterocycles. The van der Waals surface area contributed by atoms with Crippen LogP contribution in [-0.2, 0) is 16.1 Å². The lowest BCUT2D eigenvalue weighted by atomic mass is 10.0. The van der Waals surface area contributed by atoms with E-state index in [-0.39, 0.29) is 12.7 Å². The minimum atomic E-state index is -0.623. The largest absolute Gasteiger partial charge is 0.390 e. The molecule has 3 rings (SSSR count). The van der Waals surface area contributed by atoms with Gasteiger partial charge in [-0.1, -0.05) is 58.7 Å². The Morgan fingerprint density at radius 1 is 1.23 bits per heavy atom. The lowest BCUT2D eigenvalue weighted by Crippen LogP contribution is -2.39. The number of ether oxygens (including phenoxy) is 1. The molecule has 1 aliphatic heterocycles. The van der Waals surface area contributed by atoms with E-state index >= 15 is 0 Å². The van der Waals surface area contributed by atoms with Crippen molar-refractivity contribution in [3.8, 4) is 0 Å². The molecule has 7 heteroatoms. The maximum atomic E-state index is 10.4. The van der Waals surface area contributed by atoms with Crippen molar-refractivity contribution in [1.29, 1.82) is 0 Å². The molecule has 2 atom stereocenters. The highest BCUT2D eigenvalue weighted by molar-refractivity contribution is 6.31. The molecule has 0 aliphatic carbocycles. The van der Waals surface area contributed by atoms with Crippen LogP contribution in [0.1, 0.15) is 17.5 Å². The summed E-state index contributed by atoms with van der Waals surface area (Å²) >= 11 is 12.1. The number of hydrogen-bond donors (Lipinski definition) is 1. The first-order valence-corrected chi connectivity index (χ1v) is 10.6. The van der Waals surface area contributed by atoms with Crippen LogP contribution in [0, 0.1) is 0 Å². The van der Waals surface area contributed by atoms with Gasteiger partial charge in [-0.05, 0) is 35.4 Å². The van der Waals surface area contributed by atoms with Crippen molar-refractivity contribution >= 4 is 28.9 Å². The first kappa shape index (κ1) is 22.8. The fourth-order valence-corrected chi connectivity index (χ4v) is 3.70. The standard InChI is InChI=1S/C23H26Cl2N2O3/c1-2-10-29-16-21(28)14-27(13-17-4-3-5-20(25)11-17)15-22-12-23(26-30-22)18-6-8-19(24)9-7-18/h2-9,11,21-22,28H,1,10,12-16H2/t21-,22+/m0/s1. The number of halogens is 2. The molecule has 0 radical (unpaired) electrons. The number of nitrogens with zero attached hydrogens (tertiary/aromatic N) is 2. The summed E-state index contributed by atoms with van der Waals surface area (Å²) in [5.41, 5.74) is 2.97. The third kappa shape index (κ3) is 7.11. The van der Waals surface area contributed by atoms with Crippen molar-refractivity contribution < 1.29 is 14.7 Å². The van der Waals surface area contributed by atoms with E-state index in [9.17, 15) is 5.11 Å². The molecular formula is C23H26Cl2N2O3. The molecule has 0 aromatic heterocycles. The Morgan fingerprint density at radius 2 is 2.03 bits per heavy atom. The molecule has 0 fully saturated rings. The third-order valence-electron chi connectivity index (χ3n) is 4.68. The fourth-order valence-electron chi connectivity index (χ4n) is 3.36. The first-order chi connectivity index (χ1) is 14.5. The molecule has 1 N–H and O–H groups in total. The maximum absolute atomic E-state index is 10.4. The van der Waals surface area contributed by atoms with Crippen LogP contribution in [0.5, 0.6) is 0 Å². The van der Waals surface area contributed by atoms with Gasteiger partial charge < -0.3 is 14.7 Å². The summed E-state index contributed by atoms with van der Waals surface area (Å²) in [6, 6.07) is 15.3. The van der Waals surface area contributed by atoms with Crippen molar-refractivity contribution in [3.05, 3.63) is 82.4 Å². The van der Waals surface area contributed by atoms with Crippen LogP contribution in [0.2, 0.25) is 10.0 Å². The summed E-state index contributed by atoms with van der Waals surface area (Å²) in [5.74, 6) is 0. The van der Waals surface area contributed by atoms with Crippen LogP contribution < -0.4 is 0 Å². The zero-order valence-electron chi connectivity index (χ0n) is 16.7. The van der Waals surface area contributed by atoms with Gasteiger partial charge in [0.2, 0.25) is 0 Å². The molecule has 30 heavy (non-hydrogen) atoms. The van der Waals surface area contributed by atoms with Crippen LogP contribution in [0.3, 0.4) is 0 Å². The number of hydrogen-bond acceptors (Lipinski definition) is 5. The lowest BCUT2D eigenvalue weighted by Gasteiger charge is -2.27. The minimum Gasteiger partial charge on any atom is -0.390 e. The predicted octanol–water partition coefficient (Wildman–Crippen LogP) is 4.55. The van der Waals surface area contributed by atoms with Crippen LogP contribution in [0.15, 0.2) is 66.3 Å². The summed E-state index contributed by atoms with van der Waals surface area (Å²) in [5, 5.41) is 16.0. The van der Waals surface area contributed by atoms with Gasteiger partial charge in [0, 0.05) is 36.1 Å². The Bertz CT molecular complexity index is 858. The van der Waals surface area contributed by atoms with Crippen LogP contribution in [0.25, 0.3) is 0 Å². The van der Waals surface area contributed by atoms with E-state index in [1.54, 1.807) is 6.08 Å². The Kier molecular flexibility index (Phi) is 8.73. The molecule has 2 aromatic rings. The Morgan fingerprint density at radius 3 is 2.77 bits per heavy atom. The number of benzene rings is 2. The Hall–Kier alpha value is -1.89. The molecule has 160 valence electrons. The topological polar surface area (TPSA) is 54.3 Å². The average molecular weight is 449 g/mol. The molecule has 0 saturated carbocycles. The first-order valence-electron chi connectivity index (χ1n) is 9.85. The summed E-state index contributed by atoms with van der Waals surface area (Å²) < 4.78 is 5.39. The van der Waals surface area contributed by atoms with E-state index in [1.165, 1.54) is 0 Å². The van der Waals surface area contributed by atoms with E-state index < -0.39 is 6.10 Å². The number of rotatable bonds is 11. The van der Waals surface area contributed by atoms with E-state index in [4.69, 9.17) is 32.8 Å². The SMILES string of the molecule is C=CCOC[C@@H](O)CN(Cc1cccc(Cl)c1)C[C@H]1CC(c2ccc(Cl)cc2)=NO1. The van der Waals surface area contributed by atoms with Gasteiger partial charge in [0.05, 0.1) is 25.0 Å². The fraction of sp³-hybridized carbons (Fsp3) is 0.348. The average Bonchev–Trinajstić information content (AvgIpc) is 3.17. The number of aliphatic hydroxyl groups is 1. The second-order valence-corrected chi connectivity index (χ2v) is 8.15. The third-order valence-corrected chi connectivity index (χ3v) is 5.17. The summed E-state index contributed by atoms with van der Waals surface area (Å²) in [6.07, 6.45) is 1.63. The van der Waals surface area contributed by atoms with E-state index in [0.29, 0.717) is 42.7 Å². The van der Waals surface area contributed by atoms with Crippen molar-refractivity contribution in [2.75, 3.05) is 26.3 Å². The highest BCUT2D eigenvalue weighted by Crippen LogP contribution is 2.21. The molecule has 5 nitrogen and oxygen atoms in total. The van der Waals surface area contributed by atoms with Gasteiger partial charge in [-0.3, -0.25) is 4.90 Å². The van der Waals surface area contributed by atoms with Gasteiger partial charge in [0.15, 0.2) is 0 Å².